The first-order valence-electron chi connectivity index (χ1n) is 7.00. The number of hydrogen-bond acceptors (Lipinski definition) is 3. The summed E-state index contributed by atoms with van der Waals surface area (Å²) >= 11 is 6.12. The van der Waals surface area contributed by atoms with Gasteiger partial charge in [0.05, 0.1) is 5.54 Å². The number of aromatic nitrogens is 2. The van der Waals surface area contributed by atoms with E-state index in [0.29, 0.717) is 5.88 Å². The summed E-state index contributed by atoms with van der Waals surface area (Å²) in [6.07, 6.45) is 11.3. The second-order valence-corrected chi connectivity index (χ2v) is 5.87. The number of nitrogens with one attached hydrogen (secondary N) is 1. The second kappa shape index (κ2) is 5.04. The van der Waals surface area contributed by atoms with Crippen molar-refractivity contribution in [1.29, 1.82) is 0 Å². The Morgan fingerprint density at radius 2 is 1.94 bits per heavy atom. The van der Waals surface area contributed by atoms with Crippen LogP contribution in [-0.2, 0) is 12.8 Å². The summed E-state index contributed by atoms with van der Waals surface area (Å²) in [5.74, 6) is 1.72. The lowest BCUT2D eigenvalue weighted by atomic mass is 9.78. The monoisotopic (exact) mass is 265 g/mol. The molecule has 0 atom stereocenters. The second-order valence-electron chi connectivity index (χ2n) is 5.60. The zero-order valence-electron chi connectivity index (χ0n) is 10.7. The van der Waals surface area contributed by atoms with Gasteiger partial charge in [0.25, 0.3) is 0 Å². The Hall–Kier alpha value is -0.830. The van der Waals surface area contributed by atoms with Crippen LogP contribution in [0.25, 0.3) is 0 Å². The molecule has 0 bridgehead atoms. The van der Waals surface area contributed by atoms with Crippen LogP contribution in [0.15, 0.2) is 6.33 Å². The number of rotatable bonds is 3. The zero-order chi connectivity index (χ0) is 12.4. The minimum absolute atomic E-state index is 0.0932. The standard InChI is InChI=1S/C14H20ClN3/c15-9-14(7-4-8-14)18-13-11-5-2-1-3-6-12(11)16-10-17-13/h10H,1-9H2,(H,16,17,18). The fraction of sp³-hybridized carbons (Fsp3) is 0.714. The number of anilines is 1. The molecule has 3 nitrogen and oxygen atoms in total. The largest absolute Gasteiger partial charge is 0.363 e. The van der Waals surface area contributed by atoms with Crippen LogP contribution in [0.4, 0.5) is 5.82 Å². The van der Waals surface area contributed by atoms with Gasteiger partial charge in [0, 0.05) is 17.1 Å². The van der Waals surface area contributed by atoms with Gasteiger partial charge in [0.1, 0.15) is 12.1 Å². The maximum absolute atomic E-state index is 6.12. The van der Waals surface area contributed by atoms with Crippen LogP contribution in [0.1, 0.15) is 49.8 Å². The van der Waals surface area contributed by atoms with E-state index in [4.69, 9.17) is 11.6 Å². The van der Waals surface area contributed by atoms with Crippen LogP contribution in [0.5, 0.6) is 0 Å². The van der Waals surface area contributed by atoms with E-state index in [-0.39, 0.29) is 5.54 Å². The molecule has 1 N–H and O–H groups in total. The fourth-order valence-electron chi connectivity index (χ4n) is 2.95. The predicted octanol–water partition coefficient (Wildman–Crippen LogP) is 3.32. The Morgan fingerprint density at radius 1 is 1.11 bits per heavy atom. The molecule has 1 aromatic rings. The number of alkyl halides is 1. The van der Waals surface area contributed by atoms with E-state index in [1.165, 1.54) is 36.9 Å². The Bertz CT molecular complexity index is 424. The molecule has 0 aromatic carbocycles. The molecule has 18 heavy (non-hydrogen) atoms. The zero-order valence-corrected chi connectivity index (χ0v) is 11.5. The van der Waals surface area contributed by atoms with Crippen molar-refractivity contribution in [3.8, 4) is 0 Å². The van der Waals surface area contributed by atoms with Gasteiger partial charge in [-0.1, -0.05) is 6.42 Å². The van der Waals surface area contributed by atoms with Gasteiger partial charge in [0.2, 0.25) is 0 Å². The van der Waals surface area contributed by atoms with E-state index in [2.05, 4.69) is 15.3 Å². The van der Waals surface area contributed by atoms with E-state index >= 15 is 0 Å². The number of halogens is 1. The van der Waals surface area contributed by atoms with E-state index in [9.17, 15) is 0 Å². The lowest BCUT2D eigenvalue weighted by Gasteiger charge is -2.41. The number of hydrogen-bond donors (Lipinski definition) is 1. The summed E-state index contributed by atoms with van der Waals surface area (Å²) in [5, 5.41) is 3.61. The van der Waals surface area contributed by atoms with Crippen molar-refractivity contribution in [3.63, 3.8) is 0 Å². The molecule has 2 aliphatic rings. The highest BCUT2D eigenvalue weighted by Crippen LogP contribution is 2.37. The van der Waals surface area contributed by atoms with Crippen molar-refractivity contribution in [2.45, 2.75) is 56.9 Å². The molecule has 0 radical (unpaired) electrons. The molecule has 98 valence electrons. The first-order chi connectivity index (χ1) is 8.83. The van der Waals surface area contributed by atoms with Crippen molar-refractivity contribution in [2.24, 2.45) is 0 Å². The molecule has 1 fully saturated rings. The lowest BCUT2D eigenvalue weighted by molar-refractivity contribution is 0.310. The minimum Gasteiger partial charge on any atom is -0.363 e. The Labute approximate surface area is 113 Å². The van der Waals surface area contributed by atoms with Gasteiger partial charge in [-0.05, 0) is 44.9 Å². The third-order valence-corrected chi connectivity index (χ3v) is 4.84. The average Bonchev–Trinajstić information content (AvgIpc) is 2.59. The fourth-order valence-corrected chi connectivity index (χ4v) is 3.29. The Morgan fingerprint density at radius 3 is 2.67 bits per heavy atom. The molecule has 2 aliphatic carbocycles. The maximum atomic E-state index is 6.12. The average molecular weight is 266 g/mol. The molecule has 1 saturated carbocycles. The highest BCUT2D eigenvalue weighted by molar-refractivity contribution is 6.19. The van der Waals surface area contributed by atoms with Crippen LogP contribution in [0.2, 0.25) is 0 Å². The lowest BCUT2D eigenvalue weighted by Crippen LogP contribution is -2.47. The van der Waals surface area contributed by atoms with Crippen molar-refractivity contribution in [3.05, 3.63) is 17.6 Å². The van der Waals surface area contributed by atoms with Crippen molar-refractivity contribution >= 4 is 17.4 Å². The molecule has 3 rings (SSSR count). The summed E-state index contributed by atoms with van der Waals surface area (Å²) in [6, 6.07) is 0. The molecule has 0 unspecified atom stereocenters. The summed E-state index contributed by atoms with van der Waals surface area (Å²) in [6.45, 7) is 0. The molecule has 4 heteroatoms. The predicted molar refractivity (Wildman–Crippen MR) is 74.2 cm³/mol. The topological polar surface area (TPSA) is 37.8 Å². The van der Waals surface area contributed by atoms with Crippen LogP contribution < -0.4 is 5.32 Å². The SMILES string of the molecule is ClCC1(Nc2ncnc3c2CCCCC3)CCC1. The van der Waals surface area contributed by atoms with E-state index in [0.717, 1.165) is 31.5 Å². The molecular formula is C14H20ClN3. The van der Waals surface area contributed by atoms with Crippen LogP contribution in [0, 0.1) is 0 Å². The van der Waals surface area contributed by atoms with Crippen molar-refractivity contribution in [2.75, 3.05) is 11.2 Å². The van der Waals surface area contributed by atoms with Crippen LogP contribution in [0.3, 0.4) is 0 Å². The molecule has 1 heterocycles. The summed E-state index contributed by atoms with van der Waals surface area (Å²) in [7, 11) is 0. The quantitative estimate of drug-likeness (QED) is 0.673. The van der Waals surface area contributed by atoms with Gasteiger partial charge in [-0.15, -0.1) is 11.6 Å². The maximum Gasteiger partial charge on any atom is 0.133 e. The van der Waals surface area contributed by atoms with Gasteiger partial charge in [-0.2, -0.15) is 0 Å². The van der Waals surface area contributed by atoms with Gasteiger partial charge < -0.3 is 5.32 Å². The van der Waals surface area contributed by atoms with E-state index in [1.807, 2.05) is 0 Å². The van der Waals surface area contributed by atoms with Crippen molar-refractivity contribution in [1.82, 2.24) is 9.97 Å². The molecule has 1 aromatic heterocycles. The number of aryl methyl sites for hydroxylation is 1. The smallest absolute Gasteiger partial charge is 0.133 e. The molecule has 0 saturated heterocycles. The summed E-state index contributed by atoms with van der Waals surface area (Å²) in [5.41, 5.74) is 2.68. The molecule has 0 aliphatic heterocycles. The third-order valence-electron chi connectivity index (χ3n) is 4.32. The number of fused-ring (bicyclic) bond motifs is 1. The molecule has 0 amide bonds. The van der Waals surface area contributed by atoms with E-state index in [1.54, 1.807) is 6.33 Å². The first kappa shape index (κ1) is 12.2. The number of nitrogens with zero attached hydrogens (tertiary/aromatic N) is 2. The Balaban J connectivity index is 1.87. The van der Waals surface area contributed by atoms with Crippen LogP contribution >= 0.6 is 11.6 Å². The van der Waals surface area contributed by atoms with Gasteiger partial charge >= 0.3 is 0 Å². The molecule has 0 spiro atoms. The molecular weight excluding hydrogens is 246 g/mol. The summed E-state index contributed by atoms with van der Waals surface area (Å²) < 4.78 is 0. The van der Waals surface area contributed by atoms with Crippen molar-refractivity contribution < 1.29 is 0 Å². The first-order valence-corrected chi connectivity index (χ1v) is 7.53. The van der Waals surface area contributed by atoms with Crippen LogP contribution in [-0.4, -0.2) is 21.4 Å². The highest BCUT2D eigenvalue weighted by Gasteiger charge is 2.37. The Kier molecular flexibility index (Phi) is 3.42. The third kappa shape index (κ3) is 2.20. The summed E-state index contributed by atoms with van der Waals surface area (Å²) in [4.78, 5) is 8.92. The highest BCUT2D eigenvalue weighted by atomic mass is 35.5. The van der Waals surface area contributed by atoms with E-state index < -0.39 is 0 Å². The van der Waals surface area contributed by atoms with Gasteiger partial charge in [-0.25, -0.2) is 9.97 Å². The minimum atomic E-state index is 0.0932. The van der Waals surface area contributed by atoms with Gasteiger partial charge in [0.15, 0.2) is 0 Å². The normalized spacial score (nSPS) is 21.6. The van der Waals surface area contributed by atoms with Gasteiger partial charge in [-0.3, -0.25) is 0 Å².